The van der Waals surface area contributed by atoms with Gasteiger partial charge in [-0.15, -0.1) is 11.3 Å². The fourth-order valence-corrected chi connectivity index (χ4v) is 3.44. The van der Waals surface area contributed by atoms with Crippen molar-refractivity contribution in [1.82, 2.24) is 20.1 Å². The van der Waals surface area contributed by atoms with Gasteiger partial charge in [-0.2, -0.15) is 0 Å². The van der Waals surface area contributed by atoms with Gasteiger partial charge < -0.3 is 10.2 Å². The number of benzene rings is 1. The van der Waals surface area contributed by atoms with Crippen LogP contribution in [0.5, 0.6) is 0 Å². The zero-order valence-electron chi connectivity index (χ0n) is 14.6. The highest BCUT2D eigenvalue weighted by Crippen LogP contribution is 2.12. The standard InChI is InChI=1S/C18H21FN4O2S/c1-13-21-16(12-26-13)11-22-6-8-23(9-7-22)17(24)10-20-18(25)14-2-4-15(19)5-3-14/h2-5,12H,6-11H2,1H3,(H,20,25). The van der Waals surface area contributed by atoms with Gasteiger partial charge in [0.1, 0.15) is 5.82 Å². The van der Waals surface area contributed by atoms with Gasteiger partial charge in [-0.25, -0.2) is 9.37 Å². The van der Waals surface area contributed by atoms with E-state index in [0.717, 1.165) is 30.3 Å². The van der Waals surface area contributed by atoms with Gasteiger partial charge in [0.25, 0.3) is 5.91 Å². The quantitative estimate of drug-likeness (QED) is 0.862. The fourth-order valence-electron chi connectivity index (χ4n) is 2.84. The van der Waals surface area contributed by atoms with Crippen molar-refractivity contribution in [1.29, 1.82) is 0 Å². The molecule has 2 heterocycles. The van der Waals surface area contributed by atoms with E-state index in [2.05, 4.69) is 20.6 Å². The third-order valence-electron chi connectivity index (χ3n) is 4.28. The number of aromatic nitrogens is 1. The molecule has 0 aliphatic carbocycles. The second kappa shape index (κ2) is 8.37. The maximum absolute atomic E-state index is 12.9. The van der Waals surface area contributed by atoms with Gasteiger partial charge in [0.05, 0.1) is 17.2 Å². The summed E-state index contributed by atoms with van der Waals surface area (Å²) in [5.41, 5.74) is 1.40. The van der Waals surface area contributed by atoms with Crippen molar-refractivity contribution in [2.24, 2.45) is 0 Å². The van der Waals surface area contributed by atoms with Gasteiger partial charge in [-0.05, 0) is 31.2 Å². The Labute approximate surface area is 155 Å². The maximum atomic E-state index is 12.9. The summed E-state index contributed by atoms with van der Waals surface area (Å²) in [4.78, 5) is 32.8. The Bertz CT molecular complexity index is 770. The van der Waals surface area contributed by atoms with Crippen LogP contribution in [0.3, 0.4) is 0 Å². The molecule has 2 aromatic rings. The minimum Gasteiger partial charge on any atom is -0.343 e. The van der Waals surface area contributed by atoms with E-state index in [1.165, 1.54) is 24.3 Å². The number of carbonyl (C=O) groups excluding carboxylic acids is 2. The molecule has 0 spiro atoms. The molecule has 1 aliphatic heterocycles. The summed E-state index contributed by atoms with van der Waals surface area (Å²) in [5, 5.41) is 5.72. The molecule has 0 unspecified atom stereocenters. The molecule has 1 aromatic heterocycles. The molecule has 8 heteroatoms. The van der Waals surface area contributed by atoms with Crippen LogP contribution in [0.1, 0.15) is 21.1 Å². The first kappa shape index (κ1) is 18.5. The topological polar surface area (TPSA) is 65.5 Å². The van der Waals surface area contributed by atoms with Crippen LogP contribution < -0.4 is 5.32 Å². The number of amides is 2. The predicted octanol–water partition coefficient (Wildman–Crippen LogP) is 1.66. The van der Waals surface area contributed by atoms with E-state index in [1.54, 1.807) is 16.2 Å². The van der Waals surface area contributed by atoms with Crippen LogP contribution in [0, 0.1) is 12.7 Å². The molecule has 2 amide bonds. The Kier molecular flexibility index (Phi) is 5.95. The molecule has 6 nitrogen and oxygen atoms in total. The van der Waals surface area contributed by atoms with E-state index in [-0.39, 0.29) is 18.4 Å². The average molecular weight is 376 g/mol. The summed E-state index contributed by atoms with van der Waals surface area (Å²) < 4.78 is 12.9. The van der Waals surface area contributed by atoms with Gasteiger partial charge in [-0.3, -0.25) is 14.5 Å². The lowest BCUT2D eigenvalue weighted by molar-refractivity contribution is -0.131. The number of hydrogen-bond donors (Lipinski definition) is 1. The van der Waals surface area contributed by atoms with Gasteiger partial charge in [0, 0.05) is 43.7 Å². The van der Waals surface area contributed by atoms with Crippen molar-refractivity contribution < 1.29 is 14.0 Å². The second-order valence-corrected chi connectivity index (χ2v) is 7.27. The van der Waals surface area contributed by atoms with E-state index in [9.17, 15) is 14.0 Å². The Morgan fingerprint density at radius 2 is 1.88 bits per heavy atom. The van der Waals surface area contributed by atoms with Gasteiger partial charge in [0.15, 0.2) is 0 Å². The molecule has 1 aromatic carbocycles. The lowest BCUT2D eigenvalue weighted by atomic mass is 10.2. The van der Waals surface area contributed by atoms with Gasteiger partial charge in [0.2, 0.25) is 5.91 Å². The Balaban J connectivity index is 1.42. The van der Waals surface area contributed by atoms with E-state index >= 15 is 0 Å². The highest BCUT2D eigenvalue weighted by molar-refractivity contribution is 7.09. The van der Waals surface area contributed by atoms with Crippen LogP contribution in [0.2, 0.25) is 0 Å². The van der Waals surface area contributed by atoms with E-state index in [4.69, 9.17) is 0 Å². The number of piperazine rings is 1. The molecule has 138 valence electrons. The third-order valence-corrected chi connectivity index (χ3v) is 5.11. The summed E-state index contributed by atoms with van der Waals surface area (Å²) >= 11 is 1.64. The van der Waals surface area contributed by atoms with Crippen molar-refractivity contribution in [3.05, 3.63) is 51.7 Å². The average Bonchev–Trinajstić information content (AvgIpc) is 3.05. The molecule has 0 bridgehead atoms. The highest BCUT2D eigenvalue weighted by atomic mass is 32.1. The minimum atomic E-state index is -0.400. The smallest absolute Gasteiger partial charge is 0.251 e. The number of hydrogen-bond acceptors (Lipinski definition) is 5. The summed E-state index contributed by atoms with van der Waals surface area (Å²) in [6, 6.07) is 5.24. The number of aryl methyl sites for hydroxylation is 1. The normalized spacial score (nSPS) is 15.1. The lowest BCUT2D eigenvalue weighted by Gasteiger charge is -2.34. The molecule has 1 N–H and O–H groups in total. The zero-order valence-corrected chi connectivity index (χ0v) is 15.4. The Morgan fingerprint density at radius 1 is 1.19 bits per heavy atom. The van der Waals surface area contributed by atoms with Crippen molar-refractivity contribution in [3.8, 4) is 0 Å². The second-order valence-electron chi connectivity index (χ2n) is 6.20. The summed E-state index contributed by atoms with van der Waals surface area (Å²) in [7, 11) is 0. The van der Waals surface area contributed by atoms with Crippen LogP contribution in [0.15, 0.2) is 29.6 Å². The summed E-state index contributed by atoms with van der Waals surface area (Å²) in [5.74, 6) is -0.885. The number of nitrogens with zero attached hydrogens (tertiary/aromatic N) is 3. The first-order valence-electron chi connectivity index (χ1n) is 8.46. The van der Waals surface area contributed by atoms with E-state index < -0.39 is 5.82 Å². The highest BCUT2D eigenvalue weighted by Gasteiger charge is 2.22. The van der Waals surface area contributed by atoms with Crippen molar-refractivity contribution >= 4 is 23.2 Å². The first-order chi connectivity index (χ1) is 12.5. The maximum Gasteiger partial charge on any atom is 0.251 e. The molecule has 1 fully saturated rings. The molecule has 0 radical (unpaired) electrons. The first-order valence-corrected chi connectivity index (χ1v) is 9.34. The minimum absolute atomic E-state index is 0.0541. The van der Waals surface area contributed by atoms with Crippen molar-refractivity contribution in [2.45, 2.75) is 13.5 Å². The number of nitrogens with one attached hydrogen (secondary N) is 1. The number of rotatable bonds is 5. The van der Waals surface area contributed by atoms with Crippen molar-refractivity contribution in [2.75, 3.05) is 32.7 Å². The van der Waals surface area contributed by atoms with E-state index in [1.807, 2.05) is 6.92 Å². The predicted molar refractivity (Wildman–Crippen MR) is 97.4 cm³/mol. The molecular weight excluding hydrogens is 355 g/mol. The molecule has 1 aliphatic rings. The molecule has 3 rings (SSSR count). The fraction of sp³-hybridized carbons (Fsp3) is 0.389. The molecule has 0 atom stereocenters. The third kappa shape index (κ3) is 4.86. The van der Waals surface area contributed by atoms with E-state index in [0.29, 0.717) is 18.7 Å². The Morgan fingerprint density at radius 3 is 2.50 bits per heavy atom. The van der Waals surface area contributed by atoms with Gasteiger partial charge >= 0.3 is 0 Å². The number of halogens is 1. The monoisotopic (exact) mass is 376 g/mol. The zero-order chi connectivity index (χ0) is 18.5. The van der Waals surface area contributed by atoms with Crippen LogP contribution in [-0.2, 0) is 11.3 Å². The summed E-state index contributed by atoms with van der Waals surface area (Å²) in [6.45, 7) is 5.57. The Hall–Kier alpha value is -2.32. The van der Waals surface area contributed by atoms with Crippen LogP contribution in [0.4, 0.5) is 4.39 Å². The van der Waals surface area contributed by atoms with Crippen LogP contribution in [0.25, 0.3) is 0 Å². The SMILES string of the molecule is Cc1nc(CN2CCN(C(=O)CNC(=O)c3ccc(F)cc3)CC2)cs1. The van der Waals surface area contributed by atoms with Crippen LogP contribution in [-0.4, -0.2) is 59.3 Å². The van der Waals surface area contributed by atoms with Crippen LogP contribution >= 0.6 is 11.3 Å². The number of carbonyl (C=O) groups is 2. The molecular formula is C18H21FN4O2S. The largest absolute Gasteiger partial charge is 0.343 e. The van der Waals surface area contributed by atoms with Gasteiger partial charge in [-0.1, -0.05) is 0 Å². The van der Waals surface area contributed by atoms with Crippen molar-refractivity contribution in [3.63, 3.8) is 0 Å². The lowest BCUT2D eigenvalue weighted by Crippen LogP contribution is -2.50. The molecule has 26 heavy (non-hydrogen) atoms. The summed E-state index contributed by atoms with van der Waals surface area (Å²) in [6.07, 6.45) is 0. The number of thiazole rings is 1. The molecule has 1 saturated heterocycles. The molecule has 0 saturated carbocycles.